The van der Waals surface area contributed by atoms with Gasteiger partial charge < -0.3 is 15.0 Å². The van der Waals surface area contributed by atoms with E-state index in [0.29, 0.717) is 6.04 Å². The molecule has 0 aromatic rings. The van der Waals surface area contributed by atoms with Gasteiger partial charge in [-0.1, -0.05) is 0 Å². The SMILES string of the molecule is CCOCCCNCCN(C)C(C)CSC. The van der Waals surface area contributed by atoms with Crippen LogP contribution in [0.2, 0.25) is 0 Å². The lowest BCUT2D eigenvalue weighted by Gasteiger charge is -2.24. The highest BCUT2D eigenvalue weighted by Gasteiger charge is 2.06. The van der Waals surface area contributed by atoms with E-state index in [9.17, 15) is 0 Å². The van der Waals surface area contributed by atoms with Crippen LogP contribution in [-0.4, -0.2) is 62.8 Å². The van der Waals surface area contributed by atoms with Gasteiger partial charge in [0.1, 0.15) is 0 Å². The lowest BCUT2D eigenvalue weighted by Crippen LogP contribution is -2.37. The van der Waals surface area contributed by atoms with Gasteiger partial charge in [0.05, 0.1) is 0 Å². The maximum Gasteiger partial charge on any atom is 0.0477 e. The zero-order valence-corrected chi connectivity index (χ0v) is 12.1. The minimum absolute atomic E-state index is 0.667. The van der Waals surface area contributed by atoms with Gasteiger partial charge in [0.2, 0.25) is 0 Å². The Labute approximate surface area is 105 Å². The number of ether oxygens (including phenoxy) is 1. The third kappa shape index (κ3) is 9.46. The van der Waals surface area contributed by atoms with Crippen molar-refractivity contribution in [2.75, 3.05) is 51.9 Å². The van der Waals surface area contributed by atoms with Gasteiger partial charge in [0, 0.05) is 38.1 Å². The van der Waals surface area contributed by atoms with E-state index in [2.05, 4.69) is 30.4 Å². The molecule has 1 atom stereocenters. The highest BCUT2D eigenvalue weighted by atomic mass is 32.2. The van der Waals surface area contributed by atoms with Crippen LogP contribution in [0.25, 0.3) is 0 Å². The zero-order chi connectivity index (χ0) is 12.2. The summed E-state index contributed by atoms with van der Waals surface area (Å²) in [5, 5.41) is 3.44. The number of nitrogens with one attached hydrogen (secondary N) is 1. The summed E-state index contributed by atoms with van der Waals surface area (Å²) in [5.74, 6) is 1.21. The zero-order valence-electron chi connectivity index (χ0n) is 11.3. The highest BCUT2D eigenvalue weighted by Crippen LogP contribution is 2.02. The molecule has 3 nitrogen and oxygen atoms in total. The molecule has 0 heterocycles. The van der Waals surface area contributed by atoms with Gasteiger partial charge in [0.25, 0.3) is 0 Å². The van der Waals surface area contributed by atoms with Crippen LogP contribution in [0, 0.1) is 0 Å². The number of hydrogen-bond acceptors (Lipinski definition) is 4. The number of likely N-dealkylation sites (N-methyl/N-ethyl adjacent to an activating group) is 1. The summed E-state index contributed by atoms with van der Waals surface area (Å²) in [6, 6.07) is 0.667. The summed E-state index contributed by atoms with van der Waals surface area (Å²) in [4.78, 5) is 2.41. The van der Waals surface area contributed by atoms with Crippen molar-refractivity contribution >= 4 is 11.8 Å². The molecule has 0 aliphatic heterocycles. The number of thioether (sulfide) groups is 1. The van der Waals surface area contributed by atoms with Crippen LogP contribution in [-0.2, 0) is 4.74 Å². The maximum absolute atomic E-state index is 5.28. The fourth-order valence-corrected chi connectivity index (χ4v) is 2.15. The van der Waals surface area contributed by atoms with Crippen molar-refractivity contribution in [3.8, 4) is 0 Å². The number of rotatable bonds is 11. The number of nitrogens with zero attached hydrogens (tertiary/aromatic N) is 1. The van der Waals surface area contributed by atoms with E-state index in [0.717, 1.165) is 39.3 Å². The molecule has 1 unspecified atom stereocenters. The smallest absolute Gasteiger partial charge is 0.0477 e. The molecule has 4 heteroatoms. The standard InChI is InChI=1S/C12H28N2OS/c1-5-15-10-6-7-13-8-9-14(3)12(2)11-16-4/h12-13H,5-11H2,1-4H3. The van der Waals surface area contributed by atoms with Crippen LogP contribution in [0.15, 0.2) is 0 Å². The molecular weight excluding hydrogens is 220 g/mol. The Bertz CT molecular complexity index is 147. The van der Waals surface area contributed by atoms with Crippen molar-refractivity contribution in [3.63, 3.8) is 0 Å². The second-order valence-electron chi connectivity index (χ2n) is 4.09. The van der Waals surface area contributed by atoms with Crippen molar-refractivity contribution in [2.45, 2.75) is 26.3 Å². The Hall–Kier alpha value is 0.230. The summed E-state index contributed by atoms with van der Waals surface area (Å²) in [7, 11) is 2.20. The van der Waals surface area contributed by atoms with Crippen molar-refractivity contribution in [1.82, 2.24) is 10.2 Å². The van der Waals surface area contributed by atoms with E-state index >= 15 is 0 Å². The van der Waals surface area contributed by atoms with Crippen molar-refractivity contribution < 1.29 is 4.74 Å². The molecule has 0 aromatic heterocycles. The predicted molar refractivity (Wildman–Crippen MR) is 74.5 cm³/mol. The predicted octanol–water partition coefficient (Wildman–Crippen LogP) is 1.69. The topological polar surface area (TPSA) is 24.5 Å². The first kappa shape index (κ1) is 16.2. The van der Waals surface area contributed by atoms with E-state index in [4.69, 9.17) is 4.74 Å². The molecule has 0 aliphatic rings. The molecule has 0 radical (unpaired) electrons. The van der Waals surface area contributed by atoms with E-state index in [-0.39, 0.29) is 0 Å². The molecule has 0 saturated heterocycles. The second kappa shape index (κ2) is 11.7. The molecule has 0 saturated carbocycles. The summed E-state index contributed by atoms with van der Waals surface area (Å²) < 4.78 is 5.28. The Morgan fingerprint density at radius 2 is 2.12 bits per heavy atom. The van der Waals surface area contributed by atoms with Gasteiger partial charge in [-0.3, -0.25) is 0 Å². The first-order chi connectivity index (χ1) is 7.72. The van der Waals surface area contributed by atoms with Gasteiger partial charge in [-0.25, -0.2) is 0 Å². The summed E-state index contributed by atoms with van der Waals surface area (Å²) in [6.45, 7) is 9.28. The van der Waals surface area contributed by atoms with Crippen LogP contribution in [0.4, 0.5) is 0 Å². The van der Waals surface area contributed by atoms with Crippen molar-refractivity contribution in [1.29, 1.82) is 0 Å². The van der Waals surface area contributed by atoms with Crippen LogP contribution >= 0.6 is 11.8 Å². The van der Waals surface area contributed by atoms with E-state index in [1.807, 2.05) is 18.7 Å². The van der Waals surface area contributed by atoms with Crippen LogP contribution in [0.3, 0.4) is 0 Å². The molecular formula is C12H28N2OS. The summed E-state index contributed by atoms with van der Waals surface area (Å²) in [6.07, 6.45) is 3.27. The average molecular weight is 248 g/mol. The summed E-state index contributed by atoms with van der Waals surface area (Å²) in [5.41, 5.74) is 0. The molecule has 16 heavy (non-hydrogen) atoms. The van der Waals surface area contributed by atoms with Crippen LogP contribution in [0.5, 0.6) is 0 Å². The number of hydrogen-bond donors (Lipinski definition) is 1. The van der Waals surface area contributed by atoms with Gasteiger partial charge in [-0.2, -0.15) is 11.8 Å². The Balaban J connectivity index is 3.23. The first-order valence-electron chi connectivity index (χ1n) is 6.20. The van der Waals surface area contributed by atoms with Gasteiger partial charge in [-0.05, 0) is 40.1 Å². The highest BCUT2D eigenvalue weighted by molar-refractivity contribution is 7.98. The third-order valence-electron chi connectivity index (χ3n) is 2.65. The molecule has 0 spiro atoms. The largest absolute Gasteiger partial charge is 0.382 e. The lowest BCUT2D eigenvalue weighted by atomic mass is 10.3. The van der Waals surface area contributed by atoms with Gasteiger partial charge in [0.15, 0.2) is 0 Å². The second-order valence-corrected chi connectivity index (χ2v) is 5.00. The molecule has 0 aliphatic carbocycles. The fourth-order valence-electron chi connectivity index (χ4n) is 1.41. The Kier molecular flexibility index (Phi) is 11.9. The minimum Gasteiger partial charge on any atom is -0.382 e. The quantitative estimate of drug-likeness (QED) is 0.562. The van der Waals surface area contributed by atoms with Crippen LogP contribution < -0.4 is 5.32 Å². The molecule has 0 fully saturated rings. The molecule has 0 bridgehead atoms. The van der Waals surface area contributed by atoms with Crippen LogP contribution in [0.1, 0.15) is 20.3 Å². The lowest BCUT2D eigenvalue weighted by molar-refractivity contribution is 0.144. The maximum atomic E-state index is 5.28. The van der Waals surface area contributed by atoms with Crippen molar-refractivity contribution in [2.24, 2.45) is 0 Å². The van der Waals surface area contributed by atoms with Crippen molar-refractivity contribution in [3.05, 3.63) is 0 Å². The van der Waals surface area contributed by atoms with E-state index in [1.165, 1.54) is 5.75 Å². The monoisotopic (exact) mass is 248 g/mol. The normalized spacial score (nSPS) is 13.3. The minimum atomic E-state index is 0.667. The third-order valence-corrected chi connectivity index (χ3v) is 3.46. The summed E-state index contributed by atoms with van der Waals surface area (Å²) >= 11 is 1.91. The molecule has 0 aromatic carbocycles. The first-order valence-corrected chi connectivity index (χ1v) is 7.59. The van der Waals surface area contributed by atoms with E-state index in [1.54, 1.807) is 0 Å². The molecule has 1 N–H and O–H groups in total. The Morgan fingerprint density at radius 1 is 1.38 bits per heavy atom. The molecule has 0 rings (SSSR count). The van der Waals surface area contributed by atoms with Gasteiger partial charge in [-0.15, -0.1) is 0 Å². The van der Waals surface area contributed by atoms with Gasteiger partial charge >= 0.3 is 0 Å². The molecule has 98 valence electrons. The fraction of sp³-hybridized carbons (Fsp3) is 1.00. The average Bonchev–Trinajstić information content (AvgIpc) is 2.28. The van der Waals surface area contributed by atoms with E-state index < -0.39 is 0 Å². The Morgan fingerprint density at radius 3 is 2.75 bits per heavy atom. The molecule has 0 amide bonds.